The van der Waals surface area contributed by atoms with Gasteiger partial charge in [-0.25, -0.2) is 37.1 Å². The third-order valence-electron chi connectivity index (χ3n) is 4.61. The number of carbonyl (C=O) groups is 1. The molecule has 1 aliphatic heterocycles. The van der Waals surface area contributed by atoms with E-state index >= 15 is 0 Å². The molecule has 1 fully saturated rings. The molecule has 12 nitrogen and oxygen atoms in total. The van der Waals surface area contributed by atoms with Crippen LogP contribution in [-0.2, 0) is 20.0 Å². The van der Waals surface area contributed by atoms with Gasteiger partial charge in [-0.1, -0.05) is 11.6 Å². The second kappa shape index (κ2) is 8.64. The van der Waals surface area contributed by atoms with Crippen LogP contribution in [-0.4, -0.2) is 70.8 Å². The molecule has 0 spiro atoms. The Morgan fingerprint density at radius 3 is 2.19 bits per heavy atom. The molecule has 1 aromatic carbocycles. The fourth-order valence-electron chi connectivity index (χ4n) is 2.95. The van der Waals surface area contributed by atoms with Gasteiger partial charge in [-0.2, -0.15) is 0 Å². The standard InChI is InChI=1S/C16H20ClN7O5S2/c1-23-2-4-24(5-3-23)15-7-12(20-9-21-15)16(25)22-11-6-10(17)13(30(18,26)27)8-14(11)31(19,28)29/h6-9H,2-5H2,1H3,(H,22,25)(H2,18,26,27)(H2,19,28,29). The van der Waals surface area contributed by atoms with E-state index in [0.717, 1.165) is 32.2 Å². The molecule has 2 aromatic rings. The predicted octanol–water partition coefficient (Wildman–Crippen LogP) is -0.571. The first-order valence-corrected chi connectivity index (χ1v) is 12.3. The Morgan fingerprint density at radius 2 is 1.61 bits per heavy atom. The van der Waals surface area contributed by atoms with Crippen LogP contribution in [0.2, 0.25) is 5.02 Å². The van der Waals surface area contributed by atoms with Crippen molar-refractivity contribution in [2.75, 3.05) is 43.4 Å². The fraction of sp³-hybridized carbons (Fsp3) is 0.312. The zero-order valence-corrected chi connectivity index (χ0v) is 18.7. The van der Waals surface area contributed by atoms with Gasteiger partial charge in [-0.05, 0) is 19.2 Å². The summed E-state index contributed by atoms with van der Waals surface area (Å²) in [4.78, 5) is 23.7. The van der Waals surface area contributed by atoms with Crippen LogP contribution in [0.4, 0.5) is 11.5 Å². The van der Waals surface area contributed by atoms with Crippen LogP contribution >= 0.6 is 11.6 Å². The van der Waals surface area contributed by atoms with Gasteiger partial charge in [-0.3, -0.25) is 4.79 Å². The Hall–Kier alpha value is -2.36. The van der Waals surface area contributed by atoms with E-state index < -0.39 is 35.7 Å². The number of hydrogen-bond acceptors (Lipinski definition) is 9. The Morgan fingerprint density at radius 1 is 1.00 bits per heavy atom. The van der Waals surface area contributed by atoms with Crippen LogP contribution in [0.5, 0.6) is 0 Å². The first-order chi connectivity index (χ1) is 14.4. The number of nitrogens with two attached hydrogens (primary N) is 2. The van der Waals surface area contributed by atoms with E-state index in [9.17, 15) is 21.6 Å². The van der Waals surface area contributed by atoms with Crippen LogP contribution in [0, 0.1) is 0 Å². The van der Waals surface area contributed by atoms with Crippen LogP contribution in [0.15, 0.2) is 34.3 Å². The van der Waals surface area contributed by atoms with Gasteiger partial charge in [0.1, 0.15) is 27.6 Å². The first kappa shape index (κ1) is 23.3. The summed E-state index contributed by atoms with van der Waals surface area (Å²) in [6.45, 7) is 3.10. The van der Waals surface area contributed by atoms with Crippen LogP contribution in [0.25, 0.3) is 0 Å². The van der Waals surface area contributed by atoms with Gasteiger partial charge in [0.25, 0.3) is 5.91 Å². The monoisotopic (exact) mass is 489 g/mol. The van der Waals surface area contributed by atoms with Crippen molar-refractivity contribution in [3.63, 3.8) is 0 Å². The summed E-state index contributed by atoms with van der Waals surface area (Å²) in [5, 5.41) is 12.2. The SMILES string of the molecule is CN1CCN(c2cc(C(=O)Nc3cc(Cl)c(S(N)(=O)=O)cc3S(N)(=O)=O)ncn2)CC1. The third-order valence-corrected chi connectivity index (χ3v) is 6.93. The number of sulfonamides is 2. The molecule has 0 radical (unpaired) electrons. The number of nitrogens with one attached hydrogen (secondary N) is 1. The van der Waals surface area contributed by atoms with E-state index in [1.807, 2.05) is 11.9 Å². The molecular weight excluding hydrogens is 470 g/mol. The Bertz CT molecular complexity index is 1230. The minimum Gasteiger partial charge on any atom is -0.354 e. The maximum Gasteiger partial charge on any atom is 0.274 e. The van der Waals surface area contributed by atoms with Crippen molar-refractivity contribution >= 4 is 49.1 Å². The van der Waals surface area contributed by atoms with E-state index in [-0.39, 0.29) is 16.4 Å². The molecule has 0 saturated carbocycles. The number of aromatic nitrogens is 2. The molecule has 1 amide bonds. The van der Waals surface area contributed by atoms with Gasteiger partial charge in [0, 0.05) is 32.2 Å². The summed E-state index contributed by atoms with van der Waals surface area (Å²) in [5.74, 6) is -0.218. The molecule has 1 aromatic heterocycles. The summed E-state index contributed by atoms with van der Waals surface area (Å²) in [5.41, 5.74) is -0.347. The Labute approximate surface area is 184 Å². The average Bonchev–Trinajstić information content (AvgIpc) is 2.66. The summed E-state index contributed by atoms with van der Waals surface area (Å²) >= 11 is 5.92. The highest BCUT2D eigenvalue weighted by atomic mass is 35.5. The molecule has 1 aliphatic rings. The zero-order chi connectivity index (χ0) is 23.0. The Balaban J connectivity index is 1.93. The van der Waals surface area contributed by atoms with Gasteiger partial charge < -0.3 is 15.1 Å². The summed E-state index contributed by atoms with van der Waals surface area (Å²) in [7, 11) is -6.75. The third kappa shape index (κ3) is 5.47. The molecule has 3 rings (SSSR count). The van der Waals surface area contributed by atoms with Crippen LogP contribution < -0.4 is 20.5 Å². The van der Waals surface area contributed by atoms with E-state index in [4.69, 9.17) is 21.9 Å². The number of anilines is 2. The molecular formula is C16H20ClN7O5S2. The van der Waals surface area contributed by atoms with Crippen molar-refractivity contribution in [1.29, 1.82) is 0 Å². The van der Waals surface area contributed by atoms with Gasteiger partial charge in [0.15, 0.2) is 0 Å². The summed E-state index contributed by atoms with van der Waals surface area (Å²) in [6, 6.07) is 3.11. The molecule has 5 N–H and O–H groups in total. The van der Waals surface area contributed by atoms with Gasteiger partial charge in [0.2, 0.25) is 20.0 Å². The number of halogens is 1. The normalized spacial score (nSPS) is 15.7. The molecule has 0 bridgehead atoms. The minimum atomic E-state index is -4.43. The van der Waals surface area contributed by atoms with Gasteiger partial charge in [0.05, 0.1) is 10.7 Å². The van der Waals surface area contributed by atoms with Gasteiger partial charge >= 0.3 is 0 Å². The minimum absolute atomic E-state index is 0.0315. The maximum absolute atomic E-state index is 12.7. The number of hydrogen-bond donors (Lipinski definition) is 3. The molecule has 168 valence electrons. The zero-order valence-electron chi connectivity index (χ0n) is 16.3. The topological polar surface area (TPSA) is 182 Å². The predicted molar refractivity (Wildman–Crippen MR) is 114 cm³/mol. The number of likely N-dealkylation sites (N-methyl/N-ethyl adjacent to an activating group) is 1. The lowest BCUT2D eigenvalue weighted by molar-refractivity contribution is 0.102. The largest absolute Gasteiger partial charge is 0.354 e. The quantitative estimate of drug-likeness (QED) is 0.495. The average molecular weight is 490 g/mol. The number of piperazine rings is 1. The molecule has 0 atom stereocenters. The summed E-state index contributed by atoms with van der Waals surface area (Å²) in [6.07, 6.45) is 1.22. The lowest BCUT2D eigenvalue weighted by Crippen LogP contribution is -2.44. The van der Waals surface area contributed by atoms with Gasteiger partial charge in [-0.15, -0.1) is 0 Å². The van der Waals surface area contributed by atoms with Crippen molar-refractivity contribution < 1.29 is 21.6 Å². The highest BCUT2D eigenvalue weighted by Gasteiger charge is 2.24. The highest BCUT2D eigenvalue weighted by molar-refractivity contribution is 7.90. The highest BCUT2D eigenvalue weighted by Crippen LogP contribution is 2.31. The summed E-state index contributed by atoms with van der Waals surface area (Å²) < 4.78 is 47.2. The lowest BCUT2D eigenvalue weighted by Gasteiger charge is -2.33. The van der Waals surface area contributed by atoms with Crippen molar-refractivity contribution in [2.45, 2.75) is 9.79 Å². The lowest BCUT2D eigenvalue weighted by atomic mass is 10.2. The molecule has 15 heteroatoms. The van der Waals surface area contributed by atoms with E-state index in [0.29, 0.717) is 11.9 Å². The number of benzene rings is 1. The van der Waals surface area contributed by atoms with Crippen molar-refractivity contribution in [3.05, 3.63) is 35.2 Å². The second-order valence-corrected chi connectivity index (χ2v) is 10.3. The smallest absolute Gasteiger partial charge is 0.274 e. The molecule has 1 saturated heterocycles. The molecule has 0 aliphatic carbocycles. The number of primary sulfonamides is 2. The molecule has 2 heterocycles. The van der Waals surface area contributed by atoms with Crippen molar-refractivity contribution in [2.24, 2.45) is 10.3 Å². The maximum atomic E-state index is 12.7. The number of amides is 1. The second-order valence-electron chi connectivity index (χ2n) is 6.87. The van der Waals surface area contributed by atoms with Crippen LogP contribution in [0.1, 0.15) is 10.5 Å². The Kier molecular flexibility index (Phi) is 6.50. The van der Waals surface area contributed by atoms with E-state index in [2.05, 4.69) is 20.2 Å². The van der Waals surface area contributed by atoms with Crippen molar-refractivity contribution in [1.82, 2.24) is 14.9 Å². The molecule has 31 heavy (non-hydrogen) atoms. The van der Waals surface area contributed by atoms with Crippen LogP contribution in [0.3, 0.4) is 0 Å². The van der Waals surface area contributed by atoms with Crippen molar-refractivity contribution in [3.8, 4) is 0 Å². The van der Waals surface area contributed by atoms with E-state index in [1.165, 1.54) is 12.4 Å². The fourth-order valence-corrected chi connectivity index (χ4v) is 4.82. The van der Waals surface area contributed by atoms with E-state index in [1.54, 1.807) is 0 Å². The first-order valence-electron chi connectivity index (χ1n) is 8.82. The number of rotatable bonds is 5. The molecule has 0 unspecified atom stereocenters. The number of nitrogens with zero attached hydrogens (tertiary/aromatic N) is 4. The number of carbonyl (C=O) groups excluding carboxylic acids is 1.